The zero-order valence-corrected chi connectivity index (χ0v) is 28.2. The van der Waals surface area contributed by atoms with Crippen LogP contribution >= 0.6 is 0 Å². The zero-order chi connectivity index (χ0) is 32.4. The molecule has 2 fully saturated rings. The summed E-state index contributed by atoms with van der Waals surface area (Å²) in [6.45, 7) is 5.56. The summed E-state index contributed by atoms with van der Waals surface area (Å²) in [4.78, 5) is 5.20. The molecule has 0 bridgehead atoms. The molecular weight excluding hydrogens is 623 g/mol. The molecule has 2 aromatic carbocycles. The molecule has 0 unspecified atom stereocenters. The molecular formula is C34H39N5O5S2. The number of benzene rings is 2. The number of fused-ring (bicyclic) bond motifs is 3. The third-order valence-electron chi connectivity index (χ3n) is 9.67. The van der Waals surface area contributed by atoms with Crippen LogP contribution < -0.4 is 4.31 Å². The molecule has 5 heterocycles. The number of rotatable bonds is 6. The molecule has 0 N–H and O–H groups in total. The van der Waals surface area contributed by atoms with Crippen LogP contribution in [0, 0.1) is 19.8 Å². The van der Waals surface area contributed by atoms with Crippen molar-refractivity contribution >= 4 is 47.5 Å². The van der Waals surface area contributed by atoms with Crippen LogP contribution in [0.1, 0.15) is 48.5 Å². The van der Waals surface area contributed by atoms with E-state index in [-0.39, 0.29) is 22.6 Å². The smallest absolute Gasteiger partial charge is 0.235 e. The van der Waals surface area contributed by atoms with Gasteiger partial charge in [0, 0.05) is 44.8 Å². The summed E-state index contributed by atoms with van der Waals surface area (Å²) in [7, 11) is -5.45. The molecule has 5 aromatic rings. The van der Waals surface area contributed by atoms with Crippen LogP contribution in [0.5, 0.6) is 0 Å². The first kappa shape index (κ1) is 30.9. The highest BCUT2D eigenvalue weighted by Crippen LogP contribution is 2.46. The Morgan fingerprint density at radius 3 is 2.41 bits per heavy atom. The van der Waals surface area contributed by atoms with E-state index in [2.05, 4.69) is 27.9 Å². The van der Waals surface area contributed by atoms with Crippen molar-refractivity contribution in [2.45, 2.75) is 50.5 Å². The fourth-order valence-corrected chi connectivity index (χ4v) is 9.97. The van der Waals surface area contributed by atoms with E-state index in [1.54, 1.807) is 18.3 Å². The summed E-state index contributed by atoms with van der Waals surface area (Å²) >= 11 is 0. The van der Waals surface area contributed by atoms with Gasteiger partial charge in [-0.05, 0) is 74.8 Å². The molecule has 0 saturated carbocycles. The summed E-state index contributed by atoms with van der Waals surface area (Å²) in [6.07, 6.45) is 5.91. The average Bonchev–Trinajstić information content (AvgIpc) is 3.49. The fourth-order valence-electron chi connectivity index (χ4n) is 7.45. The maximum absolute atomic E-state index is 13.6. The normalized spacial score (nSPS) is 18.4. The van der Waals surface area contributed by atoms with E-state index in [0.29, 0.717) is 48.3 Å². The van der Waals surface area contributed by atoms with Crippen molar-refractivity contribution in [3.05, 3.63) is 71.5 Å². The van der Waals surface area contributed by atoms with Gasteiger partial charge in [0.25, 0.3) is 0 Å². The number of aryl methyl sites for hydroxylation is 2. The molecule has 1 atom stereocenters. The molecule has 0 aliphatic carbocycles. The summed E-state index contributed by atoms with van der Waals surface area (Å²) < 4.78 is 65.5. The maximum Gasteiger partial charge on any atom is 0.235 e. The first-order valence-corrected chi connectivity index (χ1v) is 19.3. The van der Waals surface area contributed by atoms with E-state index in [4.69, 9.17) is 9.72 Å². The quantitative estimate of drug-likeness (QED) is 0.234. The van der Waals surface area contributed by atoms with Crippen molar-refractivity contribution in [1.82, 2.24) is 19.3 Å². The number of hydrogen-bond acceptors (Lipinski definition) is 7. The Hall–Kier alpha value is -3.74. The molecule has 46 heavy (non-hydrogen) atoms. The molecule has 12 heteroatoms. The minimum absolute atomic E-state index is 0.0480. The number of hydrogen-bond donors (Lipinski definition) is 0. The molecule has 242 valence electrons. The van der Waals surface area contributed by atoms with Crippen molar-refractivity contribution in [3.8, 4) is 11.3 Å². The van der Waals surface area contributed by atoms with Gasteiger partial charge >= 0.3 is 0 Å². The van der Waals surface area contributed by atoms with Crippen LogP contribution in [-0.4, -0.2) is 67.9 Å². The summed E-state index contributed by atoms with van der Waals surface area (Å²) in [5, 5.41) is 5.18. The van der Waals surface area contributed by atoms with Gasteiger partial charge in [-0.25, -0.2) is 16.8 Å². The fraction of sp³-hybridized carbons (Fsp3) is 0.412. The van der Waals surface area contributed by atoms with Gasteiger partial charge in [0.05, 0.1) is 55.7 Å². The third-order valence-corrected chi connectivity index (χ3v) is 12.7. The molecule has 2 aliphatic heterocycles. The predicted molar refractivity (Wildman–Crippen MR) is 181 cm³/mol. The minimum atomic E-state index is -3.75. The van der Waals surface area contributed by atoms with Gasteiger partial charge in [-0.2, -0.15) is 5.10 Å². The third kappa shape index (κ3) is 5.10. The molecule has 10 nitrogen and oxygen atoms in total. The topological polar surface area (TPSA) is 116 Å². The van der Waals surface area contributed by atoms with E-state index in [1.807, 2.05) is 43.8 Å². The number of anilines is 1. The Kier molecular flexibility index (Phi) is 7.72. The molecule has 3 aromatic heterocycles. The van der Waals surface area contributed by atoms with Crippen molar-refractivity contribution in [1.29, 1.82) is 0 Å². The standard InChI is InChI=1S/C34H39N5O5S2/c1-22-23(2)36-37(3)32(22)26-20-28-31(35-21-26)30-27(38-16-8-9-19-46(38,42)43)12-13-29(45(4,40)41)34(30)39(28)33(24-10-6-5-7-11-24)25-14-17-44-18-15-25/h5-7,10-13,20-21,25,33H,8-9,14-19H2,1-4H3/t33-/m1/s1. The van der Waals surface area contributed by atoms with Gasteiger partial charge < -0.3 is 9.30 Å². The van der Waals surface area contributed by atoms with Gasteiger partial charge in [-0.3, -0.25) is 14.0 Å². The molecule has 0 amide bonds. The van der Waals surface area contributed by atoms with Crippen molar-refractivity contribution in [3.63, 3.8) is 0 Å². The average molecular weight is 662 g/mol. The van der Waals surface area contributed by atoms with E-state index < -0.39 is 19.9 Å². The van der Waals surface area contributed by atoms with Crippen LogP contribution in [0.25, 0.3) is 33.2 Å². The molecule has 2 aliphatic rings. The summed E-state index contributed by atoms with van der Waals surface area (Å²) in [6, 6.07) is 15.2. The number of sulfonamides is 1. The molecule has 2 saturated heterocycles. The van der Waals surface area contributed by atoms with Gasteiger partial charge in [-0.15, -0.1) is 0 Å². The van der Waals surface area contributed by atoms with Gasteiger partial charge in [0.2, 0.25) is 10.0 Å². The molecule has 7 rings (SSSR count). The highest BCUT2D eigenvalue weighted by Gasteiger charge is 2.36. The van der Waals surface area contributed by atoms with Gasteiger partial charge in [-0.1, -0.05) is 30.3 Å². The monoisotopic (exact) mass is 661 g/mol. The Balaban J connectivity index is 1.66. The summed E-state index contributed by atoms with van der Waals surface area (Å²) in [5.41, 5.74) is 7.05. The second-order valence-corrected chi connectivity index (χ2v) is 16.6. The van der Waals surface area contributed by atoms with Gasteiger partial charge in [0.1, 0.15) is 0 Å². The second-order valence-electron chi connectivity index (χ2n) is 12.6. The van der Waals surface area contributed by atoms with E-state index >= 15 is 0 Å². The lowest BCUT2D eigenvalue weighted by molar-refractivity contribution is 0.0552. The van der Waals surface area contributed by atoms with Crippen LogP contribution in [0.15, 0.2) is 59.6 Å². The highest BCUT2D eigenvalue weighted by molar-refractivity contribution is 7.92. The van der Waals surface area contributed by atoms with Gasteiger partial charge in [0.15, 0.2) is 9.84 Å². The Morgan fingerprint density at radius 2 is 1.76 bits per heavy atom. The number of sulfone groups is 1. The molecule has 0 spiro atoms. The number of ether oxygens (including phenoxy) is 1. The van der Waals surface area contributed by atoms with E-state index in [9.17, 15) is 16.8 Å². The number of pyridine rings is 1. The number of aromatic nitrogens is 4. The van der Waals surface area contributed by atoms with Crippen molar-refractivity contribution in [2.75, 3.05) is 36.1 Å². The SMILES string of the molecule is Cc1nn(C)c(-c2cnc3c4c(N5CCCCS5(=O)=O)ccc(S(C)(=O)=O)c4n([C@H](c4ccccc4)C4CCOCC4)c3c2)c1C. The maximum atomic E-state index is 13.6. The van der Waals surface area contributed by atoms with Crippen LogP contribution in [0.4, 0.5) is 5.69 Å². The van der Waals surface area contributed by atoms with Crippen molar-refractivity contribution in [2.24, 2.45) is 13.0 Å². The lowest BCUT2D eigenvalue weighted by atomic mass is 9.86. The first-order chi connectivity index (χ1) is 22.0. The van der Waals surface area contributed by atoms with Crippen LogP contribution in [0.3, 0.4) is 0 Å². The highest BCUT2D eigenvalue weighted by atomic mass is 32.2. The Bertz CT molecular complexity index is 2180. The molecule has 0 radical (unpaired) electrons. The van der Waals surface area contributed by atoms with E-state index in [0.717, 1.165) is 52.9 Å². The Labute approximate surface area is 270 Å². The van der Waals surface area contributed by atoms with Crippen LogP contribution in [-0.2, 0) is 31.6 Å². The first-order valence-electron chi connectivity index (χ1n) is 15.8. The lowest BCUT2D eigenvalue weighted by Crippen LogP contribution is -2.38. The predicted octanol–water partition coefficient (Wildman–Crippen LogP) is 5.56. The minimum Gasteiger partial charge on any atom is -0.381 e. The Morgan fingerprint density at radius 1 is 1.02 bits per heavy atom. The van der Waals surface area contributed by atoms with Crippen LogP contribution in [0.2, 0.25) is 0 Å². The largest absolute Gasteiger partial charge is 0.381 e. The summed E-state index contributed by atoms with van der Waals surface area (Å²) in [5.74, 6) is 0.181. The second kappa shape index (κ2) is 11.5. The number of nitrogens with zero attached hydrogens (tertiary/aromatic N) is 5. The van der Waals surface area contributed by atoms with E-state index in [1.165, 1.54) is 10.6 Å². The van der Waals surface area contributed by atoms with Crippen molar-refractivity contribution < 1.29 is 21.6 Å². The zero-order valence-electron chi connectivity index (χ0n) is 26.6. The lowest BCUT2D eigenvalue weighted by Gasteiger charge is -2.33.